The summed E-state index contributed by atoms with van der Waals surface area (Å²) in [7, 11) is 0. The molecule has 1 aliphatic heterocycles. The molecule has 2 nitrogen and oxygen atoms in total. The number of allylic oxidation sites excluding steroid dienone is 3. The topological polar surface area (TPSA) is 24.9 Å². The maximum absolute atomic E-state index is 4.25. The monoisotopic (exact) mass is 183 g/mol. The summed E-state index contributed by atoms with van der Waals surface area (Å²) in [5.41, 5.74) is 2.96. The number of hydrogen-bond acceptors (Lipinski definition) is 2. The summed E-state index contributed by atoms with van der Waals surface area (Å²) < 4.78 is 0. The van der Waals surface area contributed by atoms with Crippen molar-refractivity contribution < 1.29 is 0 Å². The Labute approximate surface area is 83.7 Å². The number of aromatic nitrogens is 1. The lowest BCUT2D eigenvalue weighted by Gasteiger charge is -2.08. The molecule has 0 unspecified atom stereocenters. The molecule has 1 aliphatic rings. The van der Waals surface area contributed by atoms with E-state index < -0.39 is 0 Å². The molecule has 0 aliphatic carbocycles. The number of pyridine rings is 1. The molecular formula is C12H11N2. The predicted octanol–water partition coefficient (Wildman–Crippen LogP) is 1.98. The molecule has 0 amide bonds. The van der Waals surface area contributed by atoms with E-state index in [1.165, 1.54) is 0 Å². The van der Waals surface area contributed by atoms with Crippen LogP contribution in [-0.2, 0) is 6.42 Å². The van der Waals surface area contributed by atoms with Crippen molar-refractivity contribution in [2.24, 2.45) is 0 Å². The SMILES string of the molecule is C=C1[C]=C(Cc2ccccn2)C=CN1. The fourth-order valence-corrected chi connectivity index (χ4v) is 1.32. The summed E-state index contributed by atoms with van der Waals surface area (Å²) in [4.78, 5) is 4.25. The van der Waals surface area contributed by atoms with Crippen LogP contribution in [0.1, 0.15) is 5.69 Å². The Morgan fingerprint density at radius 3 is 3.07 bits per heavy atom. The van der Waals surface area contributed by atoms with Crippen LogP contribution in [0.5, 0.6) is 0 Å². The molecule has 2 heteroatoms. The quantitative estimate of drug-likeness (QED) is 0.758. The van der Waals surface area contributed by atoms with Gasteiger partial charge in [-0.3, -0.25) is 4.98 Å². The number of nitrogens with zero attached hydrogens (tertiary/aromatic N) is 1. The van der Waals surface area contributed by atoms with E-state index in [0.29, 0.717) is 0 Å². The second-order valence-corrected chi connectivity index (χ2v) is 3.10. The summed E-state index contributed by atoms with van der Waals surface area (Å²) in [5, 5.41) is 2.97. The first-order valence-corrected chi connectivity index (χ1v) is 4.49. The molecule has 69 valence electrons. The molecule has 1 aromatic heterocycles. The van der Waals surface area contributed by atoms with Crippen LogP contribution >= 0.6 is 0 Å². The van der Waals surface area contributed by atoms with Crippen LogP contribution in [0.15, 0.2) is 54.5 Å². The highest BCUT2D eigenvalue weighted by Gasteiger charge is 2.01. The fourth-order valence-electron chi connectivity index (χ4n) is 1.32. The smallest absolute Gasteiger partial charge is 0.0447 e. The van der Waals surface area contributed by atoms with E-state index in [0.717, 1.165) is 23.4 Å². The summed E-state index contributed by atoms with van der Waals surface area (Å²) >= 11 is 0. The number of dihydropyridines is 1. The van der Waals surface area contributed by atoms with Gasteiger partial charge in [0.15, 0.2) is 0 Å². The van der Waals surface area contributed by atoms with Gasteiger partial charge in [0, 0.05) is 36.3 Å². The highest BCUT2D eigenvalue weighted by molar-refractivity contribution is 5.31. The van der Waals surface area contributed by atoms with E-state index in [2.05, 4.69) is 23.0 Å². The van der Waals surface area contributed by atoms with Crippen molar-refractivity contribution in [2.75, 3.05) is 0 Å². The first kappa shape index (κ1) is 8.75. The van der Waals surface area contributed by atoms with Crippen LogP contribution in [0.2, 0.25) is 0 Å². The van der Waals surface area contributed by atoms with Gasteiger partial charge in [0.05, 0.1) is 0 Å². The van der Waals surface area contributed by atoms with E-state index in [1.54, 1.807) is 6.20 Å². The lowest BCUT2D eigenvalue weighted by atomic mass is 10.1. The van der Waals surface area contributed by atoms with E-state index in [9.17, 15) is 0 Å². The van der Waals surface area contributed by atoms with Gasteiger partial charge in [-0.1, -0.05) is 12.6 Å². The van der Waals surface area contributed by atoms with Gasteiger partial charge in [0.1, 0.15) is 0 Å². The van der Waals surface area contributed by atoms with E-state index in [1.807, 2.05) is 30.5 Å². The van der Waals surface area contributed by atoms with Crippen molar-refractivity contribution in [1.29, 1.82) is 0 Å². The molecule has 0 bridgehead atoms. The summed E-state index contributed by atoms with van der Waals surface area (Å²) in [6.45, 7) is 3.79. The van der Waals surface area contributed by atoms with Gasteiger partial charge in [-0.15, -0.1) is 0 Å². The van der Waals surface area contributed by atoms with Gasteiger partial charge >= 0.3 is 0 Å². The second kappa shape index (κ2) is 3.92. The maximum atomic E-state index is 4.25. The minimum absolute atomic E-state index is 0.804. The molecule has 0 saturated heterocycles. The molecule has 2 rings (SSSR count). The third-order valence-corrected chi connectivity index (χ3v) is 1.95. The molecule has 1 aromatic rings. The van der Waals surface area contributed by atoms with Crippen molar-refractivity contribution in [1.82, 2.24) is 10.3 Å². The first-order chi connectivity index (χ1) is 6.84. The van der Waals surface area contributed by atoms with E-state index >= 15 is 0 Å². The molecule has 0 atom stereocenters. The largest absolute Gasteiger partial charge is 0.362 e. The van der Waals surface area contributed by atoms with Crippen LogP contribution in [-0.4, -0.2) is 4.98 Å². The third-order valence-electron chi connectivity index (χ3n) is 1.95. The number of nitrogens with one attached hydrogen (secondary N) is 1. The normalized spacial score (nSPS) is 14.9. The van der Waals surface area contributed by atoms with Crippen molar-refractivity contribution in [3.05, 3.63) is 66.3 Å². The molecule has 0 spiro atoms. The van der Waals surface area contributed by atoms with E-state index in [4.69, 9.17) is 0 Å². The van der Waals surface area contributed by atoms with E-state index in [-0.39, 0.29) is 0 Å². The molecule has 14 heavy (non-hydrogen) atoms. The number of hydrogen-bond donors (Lipinski definition) is 1. The molecule has 0 saturated carbocycles. The van der Waals surface area contributed by atoms with Gasteiger partial charge < -0.3 is 5.32 Å². The predicted molar refractivity (Wildman–Crippen MR) is 56.1 cm³/mol. The molecule has 0 fully saturated rings. The third kappa shape index (κ3) is 2.10. The van der Waals surface area contributed by atoms with Gasteiger partial charge in [-0.05, 0) is 23.8 Å². The Hall–Kier alpha value is -1.83. The Kier molecular flexibility index (Phi) is 2.45. The van der Waals surface area contributed by atoms with Crippen molar-refractivity contribution in [3.8, 4) is 0 Å². The lowest BCUT2D eigenvalue weighted by Crippen LogP contribution is -2.07. The van der Waals surface area contributed by atoms with Crippen LogP contribution in [0.25, 0.3) is 0 Å². The summed E-state index contributed by atoms with van der Waals surface area (Å²) in [6.07, 6.45) is 9.62. The van der Waals surface area contributed by atoms with Gasteiger partial charge in [-0.2, -0.15) is 0 Å². The Balaban J connectivity index is 2.12. The lowest BCUT2D eigenvalue weighted by molar-refractivity contribution is 1.01. The Bertz CT molecular complexity index is 388. The van der Waals surface area contributed by atoms with Crippen molar-refractivity contribution >= 4 is 0 Å². The Morgan fingerprint density at radius 1 is 1.43 bits per heavy atom. The number of rotatable bonds is 2. The Morgan fingerprint density at radius 2 is 2.36 bits per heavy atom. The zero-order chi connectivity index (χ0) is 9.80. The van der Waals surface area contributed by atoms with Crippen molar-refractivity contribution in [3.63, 3.8) is 0 Å². The summed E-state index contributed by atoms with van der Waals surface area (Å²) in [6, 6.07) is 5.91. The molecule has 0 aromatic carbocycles. The highest BCUT2D eigenvalue weighted by atomic mass is 14.8. The first-order valence-electron chi connectivity index (χ1n) is 4.49. The van der Waals surface area contributed by atoms with Crippen molar-refractivity contribution in [2.45, 2.75) is 6.42 Å². The minimum Gasteiger partial charge on any atom is -0.362 e. The zero-order valence-electron chi connectivity index (χ0n) is 7.83. The van der Waals surface area contributed by atoms with Gasteiger partial charge in [0.25, 0.3) is 0 Å². The van der Waals surface area contributed by atoms with Gasteiger partial charge in [-0.25, -0.2) is 0 Å². The zero-order valence-corrected chi connectivity index (χ0v) is 7.83. The minimum atomic E-state index is 0.804. The average Bonchev–Trinajstić information content (AvgIpc) is 2.19. The second-order valence-electron chi connectivity index (χ2n) is 3.10. The molecular weight excluding hydrogens is 172 g/mol. The molecule has 1 N–H and O–H groups in total. The van der Waals surface area contributed by atoms with Crippen LogP contribution in [0, 0.1) is 6.08 Å². The fraction of sp³-hybridized carbons (Fsp3) is 0.0833. The highest BCUT2D eigenvalue weighted by Crippen LogP contribution is 2.10. The molecule has 2 heterocycles. The van der Waals surface area contributed by atoms with Crippen LogP contribution in [0.3, 0.4) is 0 Å². The summed E-state index contributed by atoms with van der Waals surface area (Å²) in [5.74, 6) is 0. The van der Waals surface area contributed by atoms with Crippen LogP contribution < -0.4 is 5.32 Å². The average molecular weight is 183 g/mol. The molecule has 1 radical (unpaired) electrons. The standard InChI is InChI=1S/C12H11N2/c1-10-8-11(5-7-13-10)9-12-4-2-3-6-14-12/h2-7,13H,1,9H2. The van der Waals surface area contributed by atoms with Crippen LogP contribution in [0.4, 0.5) is 0 Å². The maximum Gasteiger partial charge on any atom is 0.0447 e. The van der Waals surface area contributed by atoms with Gasteiger partial charge in [0.2, 0.25) is 0 Å².